The third kappa shape index (κ3) is 5.91. The number of halogens is 4. The number of pyridine rings is 2. The average molecular weight is 461 g/mol. The summed E-state index contributed by atoms with van der Waals surface area (Å²) in [5.41, 5.74) is 5.96. The number of carbonyl (C=O) groups is 2. The van der Waals surface area contributed by atoms with Gasteiger partial charge in [-0.1, -0.05) is 6.92 Å². The van der Waals surface area contributed by atoms with Gasteiger partial charge >= 0.3 is 6.18 Å². The van der Waals surface area contributed by atoms with Gasteiger partial charge in [-0.3, -0.25) is 14.5 Å². The SMILES string of the molecule is CCC(=O)N(Cc1cnc(OCC(F)(F)F)c(Br)c1)c1cc(C(N)=O)ccn1. The van der Waals surface area contributed by atoms with E-state index in [2.05, 4.69) is 30.6 Å². The van der Waals surface area contributed by atoms with Crippen LogP contribution in [0.5, 0.6) is 5.88 Å². The van der Waals surface area contributed by atoms with E-state index in [4.69, 9.17) is 5.73 Å². The van der Waals surface area contributed by atoms with Gasteiger partial charge in [0.2, 0.25) is 17.7 Å². The zero-order chi connectivity index (χ0) is 20.9. The molecule has 0 aliphatic carbocycles. The van der Waals surface area contributed by atoms with Gasteiger partial charge in [-0.15, -0.1) is 0 Å². The largest absolute Gasteiger partial charge is 0.467 e. The molecule has 2 aromatic heterocycles. The highest BCUT2D eigenvalue weighted by Crippen LogP contribution is 2.27. The first kappa shape index (κ1) is 21.6. The zero-order valence-corrected chi connectivity index (χ0v) is 16.2. The van der Waals surface area contributed by atoms with E-state index in [0.29, 0.717) is 5.56 Å². The first-order valence-electron chi connectivity index (χ1n) is 8.01. The lowest BCUT2D eigenvalue weighted by molar-refractivity contribution is -0.154. The van der Waals surface area contributed by atoms with Crippen LogP contribution in [0.4, 0.5) is 19.0 Å². The summed E-state index contributed by atoms with van der Waals surface area (Å²) < 4.78 is 41.7. The summed E-state index contributed by atoms with van der Waals surface area (Å²) in [6.45, 7) is 0.227. The lowest BCUT2D eigenvalue weighted by Gasteiger charge is -2.22. The highest BCUT2D eigenvalue weighted by Gasteiger charge is 2.29. The van der Waals surface area contributed by atoms with Crippen LogP contribution in [-0.2, 0) is 11.3 Å². The van der Waals surface area contributed by atoms with Gasteiger partial charge in [0, 0.05) is 24.4 Å². The maximum absolute atomic E-state index is 12.4. The molecule has 0 saturated heterocycles. The lowest BCUT2D eigenvalue weighted by atomic mass is 10.2. The van der Waals surface area contributed by atoms with Crippen LogP contribution in [0.1, 0.15) is 29.3 Å². The Hall–Kier alpha value is -2.69. The highest BCUT2D eigenvalue weighted by atomic mass is 79.9. The number of hydrogen-bond acceptors (Lipinski definition) is 5. The molecule has 0 aromatic carbocycles. The third-order valence-corrected chi connectivity index (χ3v) is 4.06. The highest BCUT2D eigenvalue weighted by molar-refractivity contribution is 9.10. The third-order valence-electron chi connectivity index (χ3n) is 3.49. The molecular weight excluding hydrogens is 445 g/mol. The Morgan fingerprint density at radius 3 is 2.57 bits per heavy atom. The number of carbonyl (C=O) groups excluding carboxylic acids is 2. The molecule has 2 amide bonds. The molecule has 2 N–H and O–H groups in total. The molecule has 0 bridgehead atoms. The summed E-state index contributed by atoms with van der Waals surface area (Å²) in [5.74, 6) is -0.939. The van der Waals surface area contributed by atoms with Gasteiger partial charge in [0.1, 0.15) is 5.82 Å². The molecule has 0 spiro atoms. The minimum atomic E-state index is -4.48. The number of nitrogens with zero attached hydrogens (tertiary/aromatic N) is 3. The fourth-order valence-corrected chi connectivity index (χ4v) is 2.71. The fraction of sp³-hybridized carbons (Fsp3) is 0.294. The van der Waals surface area contributed by atoms with Crippen molar-refractivity contribution < 1.29 is 27.5 Å². The Kier molecular flexibility index (Phi) is 6.95. The van der Waals surface area contributed by atoms with Crippen molar-refractivity contribution >= 4 is 33.6 Å². The Morgan fingerprint density at radius 1 is 1.29 bits per heavy atom. The monoisotopic (exact) mass is 460 g/mol. The number of anilines is 1. The van der Waals surface area contributed by atoms with E-state index >= 15 is 0 Å². The van der Waals surface area contributed by atoms with Crippen LogP contribution in [0.15, 0.2) is 35.1 Å². The predicted octanol–water partition coefficient (Wildman–Crippen LogP) is 3.22. The van der Waals surface area contributed by atoms with Crippen LogP contribution < -0.4 is 15.4 Å². The van der Waals surface area contributed by atoms with Crippen molar-refractivity contribution in [2.75, 3.05) is 11.5 Å². The van der Waals surface area contributed by atoms with Crippen LogP contribution >= 0.6 is 15.9 Å². The van der Waals surface area contributed by atoms with Crippen molar-refractivity contribution in [3.05, 3.63) is 46.2 Å². The molecule has 0 fully saturated rings. The number of ether oxygens (including phenoxy) is 1. The quantitative estimate of drug-likeness (QED) is 0.683. The van der Waals surface area contributed by atoms with Gasteiger partial charge in [0.25, 0.3) is 0 Å². The summed E-state index contributed by atoms with van der Waals surface area (Å²) >= 11 is 3.11. The van der Waals surface area contributed by atoms with Crippen molar-refractivity contribution in [1.82, 2.24) is 9.97 Å². The second kappa shape index (κ2) is 9.00. The van der Waals surface area contributed by atoms with Crippen LogP contribution in [0, 0.1) is 0 Å². The minimum absolute atomic E-state index is 0.0348. The maximum Gasteiger partial charge on any atom is 0.422 e. The van der Waals surface area contributed by atoms with Gasteiger partial charge in [0.15, 0.2) is 6.61 Å². The first-order chi connectivity index (χ1) is 13.1. The second-order valence-electron chi connectivity index (χ2n) is 5.63. The maximum atomic E-state index is 12.4. The molecule has 2 rings (SSSR count). The van der Waals surface area contributed by atoms with E-state index in [0.717, 1.165) is 0 Å². The number of nitrogens with two attached hydrogens (primary N) is 1. The molecule has 2 heterocycles. The van der Waals surface area contributed by atoms with E-state index in [9.17, 15) is 22.8 Å². The second-order valence-corrected chi connectivity index (χ2v) is 6.49. The number of alkyl halides is 3. The molecule has 28 heavy (non-hydrogen) atoms. The molecular formula is C17H16BrF3N4O3. The first-order valence-corrected chi connectivity index (χ1v) is 8.80. The van der Waals surface area contributed by atoms with Gasteiger partial charge in [0.05, 0.1) is 11.0 Å². The summed E-state index contributed by atoms with van der Waals surface area (Å²) in [5, 5.41) is 0. The van der Waals surface area contributed by atoms with Crippen LogP contribution in [0.25, 0.3) is 0 Å². The molecule has 0 radical (unpaired) electrons. The normalized spacial score (nSPS) is 11.2. The molecule has 0 saturated carbocycles. The number of hydrogen-bond donors (Lipinski definition) is 1. The van der Waals surface area contributed by atoms with Crippen molar-refractivity contribution in [2.24, 2.45) is 5.73 Å². The number of rotatable bonds is 7. The Morgan fingerprint density at radius 2 is 2.00 bits per heavy atom. The molecule has 0 aliphatic rings. The molecule has 0 atom stereocenters. The summed E-state index contributed by atoms with van der Waals surface area (Å²) in [6.07, 6.45) is -1.66. The topological polar surface area (TPSA) is 98.4 Å². The summed E-state index contributed by atoms with van der Waals surface area (Å²) in [7, 11) is 0. The molecule has 11 heteroatoms. The molecule has 0 aliphatic heterocycles. The fourth-order valence-electron chi connectivity index (χ4n) is 2.20. The summed E-state index contributed by atoms with van der Waals surface area (Å²) in [6, 6.07) is 4.30. The van der Waals surface area contributed by atoms with E-state index < -0.39 is 18.7 Å². The van der Waals surface area contributed by atoms with Crippen molar-refractivity contribution in [1.29, 1.82) is 0 Å². The number of aromatic nitrogens is 2. The van der Waals surface area contributed by atoms with E-state index in [1.807, 2.05) is 0 Å². The predicted molar refractivity (Wildman–Crippen MR) is 97.7 cm³/mol. The Labute approximate surface area is 166 Å². The lowest BCUT2D eigenvalue weighted by Crippen LogP contribution is -2.31. The van der Waals surface area contributed by atoms with Crippen molar-refractivity contribution in [3.63, 3.8) is 0 Å². The molecule has 0 unspecified atom stereocenters. The van der Waals surface area contributed by atoms with Gasteiger partial charge in [-0.05, 0) is 39.7 Å². The van der Waals surface area contributed by atoms with E-state index in [1.54, 1.807) is 6.92 Å². The van der Waals surface area contributed by atoms with Gasteiger partial charge in [-0.25, -0.2) is 9.97 Å². The van der Waals surface area contributed by atoms with E-state index in [1.165, 1.54) is 35.5 Å². The van der Waals surface area contributed by atoms with Gasteiger partial charge in [-0.2, -0.15) is 13.2 Å². The Bertz CT molecular complexity index is 877. The molecule has 150 valence electrons. The standard InChI is InChI=1S/C17H16BrF3N4O3/c1-2-14(26)25(13-6-11(15(22)27)3-4-23-13)8-10-5-12(18)16(24-7-10)28-9-17(19,20)21/h3-7H,2,8-9H2,1H3,(H2,22,27). The van der Waals surface area contributed by atoms with E-state index in [-0.39, 0.29) is 40.6 Å². The van der Waals surface area contributed by atoms with Crippen molar-refractivity contribution in [2.45, 2.75) is 26.1 Å². The minimum Gasteiger partial charge on any atom is -0.467 e. The summed E-state index contributed by atoms with van der Waals surface area (Å²) in [4.78, 5) is 33.0. The van der Waals surface area contributed by atoms with Crippen molar-refractivity contribution in [3.8, 4) is 5.88 Å². The number of amides is 2. The van der Waals surface area contributed by atoms with Crippen LogP contribution in [-0.4, -0.2) is 34.6 Å². The molecule has 7 nitrogen and oxygen atoms in total. The zero-order valence-electron chi connectivity index (χ0n) is 14.7. The smallest absolute Gasteiger partial charge is 0.422 e. The van der Waals surface area contributed by atoms with Gasteiger partial charge < -0.3 is 10.5 Å². The van der Waals surface area contributed by atoms with Crippen LogP contribution in [0.3, 0.4) is 0 Å². The Balaban J connectivity index is 2.26. The van der Waals surface area contributed by atoms with Crippen LogP contribution in [0.2, 0.25) is 0 Å². The number of primary amides is 1. The average Bonchev–Trinajstić information content (AvgIpc) is 2.64. The molecule has 2 aromatic rings.